The number of nitrogens with zero attached hydrogens (tertiary/aromatic N) is 3. The van der Waals surface area contributed by atoms with Crippen molar-refractivity contribution in [2.75, 3.05) is 45.6 Å². The Kier molecular flexibility index (Phi) is 5.60. The smallest absolute Gasteiger partial charge is 0.242 e. The lowest BCUT2D eigenvalue weighted by Crippen LogP contribution is -2.46. The zero-order chi connectivity index (χ0) is 17.8. The molecular weight excluding hydrogens is 340 g/mol. The van der Waals surface area contributed by atoms with Gasteiger partial charge in [-0.05, 0) is 24.6 Å². The second-order valence-electron chi connectivity index (χ2n) is 6.09. The van der Waals surface area contributed by atoms with E-state index in [9.17, 15) is 9.59 Å². The largest absolute Gasteiger partial charge is 0.378 e. The molecule has 1 aliphatic heterocycles. The van der Waals surface area contributed by atoms with Crippen molar-refractivity contribution in [3.8, 4) is 0 Å². The van der Waals surface area contributed by atoms with Crippen LogP contribution in [0, 0.1) is 6.92 Å². The number of likely N-dealkylation sites (N-methyl/N-ethyl adjacent to an activating group) is 1. The van der Waals surface area contributed by atoms with Crippen LogP contribution in [0.1, 0.15) is 5.56 Å². The van der Waals surface area contributed by atoms with Crippen LogP contribution < -0.4 is 0 Å². The number of nitrogens with one attached hydrogen (secondary N) is 1. The minimum absolute atomic E-state index is 0.0386. The van der Waals surface area contributed by atoms with Crippen molar-refractivity contribution >= 4 is 34.6 Å². The van der Waals surface area contributed by atoms with Gasteiger partial charge < -0.3 is 19.5 Å². The first-order valence-electron chi connectivity index (χ1n) is 8.21. The van der Waals surface area contributed by atoms with Gasteiger partial charge in [0.25, 0.3) is 0 Å². The van der Waals surface area contributed by atoms with E-state index >= 15 is 0 Å². The summed E-state index contributed by atoms with van der Waals surface area (Å²) in [4.78, 5) is 35.3. The lowest BCUT2D eigenvalue weighted by molar-refractivity contribution is -0.140. The molecule has 0 radical (unpaired) electrons. The quantitative estimate of drug-likeness (QED) is 0.811. The monoisotopic (exact) mass is 362 g/mol. The van der Waals surface area contributed by atoms with Gasteiger partial charge in [-0.1, -0.05) is 17.8 Å². The number of hydrogen-bond donors (Lipinski definition) is 1. The van der Waals surface area contributed by atoms with E-state index < -0.39 is 0 Å². The number of thioether (sulfide) groups is 1. The second kappa shape index (κ2) is 7.88. The van der Waals surface area contributed by atoms with Crippen LogP contribution in [0.25, 0.3) is 11.0 Å². The summed E-state index contributed by atoms with van der Waals surface area (Å²) in [5.74, 6) is 0.109. The summed E-state index contributed by atoms with van der Waals surface area (Å²) in [6, 6.07) is 6.00. The Morgan fingerprint density at radius 3 is 2.88 bits per heavy atom. The molecule has 3 rings (SSSR count). The molecule has 0 aliphatic carbocycles. The molecule has 0 spiro atoms. The van der Waals surface area contributed by atoms with E-state index in [1.54, 1.807) is 11.9 Å². The molecule has 0 saturated carbocycles. The Morgan fingerprint density at radius 2 is 2.12 bits per heavy atom. The predicted octanol–water partition coefficient (Wildman–Crippen LogP) is 1.28. The molecule has 1 aliphatic rings. The average Bonchev–Trinajstić information content (AvgIpc) is 3.02. The fourth-order valence-electron chi connectivity index (χ4n) is 2.61. The van der Waals surface area contributed by atoms with Crippen LogP contribution in [0.5, 0.6) is 0 Å². The molecule has 2 heterocycles. The van der Waals surface area contributed by atoms with E-state index in [2.05, 4.69) is 9.97 Å². The summed E-state index contributed by atoms with van der Waals surface area (Å²) in [5, 5.41) is 0.710. The topological polar surface area (TPSA) is 78.5 Å². The van der Waals surface area contributed by atoms with Gasteiger partial charge in [0.05, 0.1) is 36.5 Å². The fraction of sp³-hybridized carbons (Fsp3) is 0.471. The molecule has 134 valence electrons. The maximum absolute atomic E-state index is 12.3. The van der Waals surface area contributed by atoms with Crippen LogP contribution in [-0.4, -0.2) is 77.2 Å². The third-order valence-corrected chi connectivity index (χ3v) is 4.97. The van der Waals surface area contributed by atoms with Crippen molar-refractivity contribution in [2.45, 2.75) is 12.1 Å². The predicted molar refractivity (Wildman–Crippen MR) is 96.6 cm³/mol. The maximum Gasteiger partial charge on any atom is 0.242 e. The van der Waals surface area contributed by atoms with E-state index in [0.717, 1.165) is 16.6 Å². The summed E-state index contributed by atoms with van der Waals surface area (Å²) in [5.41, 5.74) is 3.01. The molecule has 0 bridgehead atoms. The lowest BCUT2D eigenvalue weighted by atomic mass is 10.2. The molecule has 2 aromatic rings. The molecule has 25 heavy (non-hydrogen) atoms. The van der Waals surface area contributed by atoms with Crippen molar-refractivity contribution in [3.63, 3.8) is 0 Å². The number of H-pyrrole nitrogens is 1. The van der Waals surface area contributed by atoms with Gasteiger partial charge in [0.1, 0.15) is 0 Å². The van der Waals surface area contributed by atoms with E-state index in [0.29, 0.717) is 31.5 Å². The molecule has 8 heteroatoms. The number of imidazole rings is 1. The van der Waals surface area contributed by atoms with Gasteiger partial charge in [0, 0.05) is 20.1 Å². The number of aromatic amines is 1. The summed E-state index contributed by atoms with van der Waals surface area (Å²) >= 11 is 1.35. The molecule has 0 atom stereocenters. The van der Waals surface area contributed by atoms with E-state index in [-0.39, 0.29) is 24.1 Å². The summed E-state index contributed by atoms with van der Waals surface area (Å²) in [6.07, 6.45) is 0. The number of fused-ring (bicyclic) bond motifs is 1. The number of carbonyl (C=O) groups is 2. The number of ether oxygens (including phenoxy) is 1. The van der Waals surface area contributed by atoms with Gasteiger partial charge in [0.2, 0.25) is 11.8 Å². The Labute approximate surface area is 150 Å². The average molecular weight is 362 g/mol. The molecule has 7 nitrogen and oxygen atoms in total. The number of amides is 2. The van der Waals surface area contributed by atoms with Crippen molar-refractivity contribution in [1.29, 1.82) is 0 Å². The maximum atomic E-state index is 12.3. The standard InChI is InChI=1S/C17H22N4O3S/c1-12-3-4-13-14(9-12)19-17(18-13)25-11-16(23)20(2)10-15(22)21-5-7-24-8-6-21/h3-4,9H,5-8,10-11H2,1-2H3,(H,18,19). The molecule has 1 fully saturated rings. The number of carbonyl (C=O) groups excluding carboxylic acids is 2. The van der Waals surface area contributed by atoms with Gasteiger partial charge in [-0.2, -0.15) is 0 Å². The minimum Gasteiger partial charge on any atom is -0.378 e. The van der Waals surface area contributed by atoms with Crippen molar-refractivity contribution in [2.24, 2.45) is 0 Å². The van der Waals surface area contributed by atoms with Crippen LogP contribution in [0.15, 0.2) is 23.4 Å². The summed E-state index contributed by atoms with van der Waals surface area (Å²) in [7, 11) is 1.66. The molecule has 0 unspecified atom stereocenters. The van der Waals surface area contributed by atoms with Crippen molar-refractivity contribution in [1.82, 2.24) is 19.8 Å². The number of aromatic nitrogens is 2. The Morgan fingerprint density at radius 1 is 1.36 bits per heavy atom. The molecule has 1 aromatic carbocycles. The highest BCUT2D eigenvalue weighted by molar-refractivity contribution is 7.99. The third kappa shape index (κ3) is 4.52. The first-order chi connectivity index (χ1) is 12.0. The highest BCUT2D eigenvalue weighted by atomic mass is 32.2. The van der Waals surface area contributed by atoms with Crippen LogP contribution in [-0.2, 0) is 14.3 Å². The number of aryl methyl sites for hydroxylation is 1. The first-order valence-corrected chi connectivity index (χ1v) is 9.20. The first kappa shape index (κ1) is 17.8. The fourth-order valence-corrected chi connectivity index (χ4v) is 3.44. The SMILES string of the molecule is Cc1ccc2nc(SCC(=O)N(C)CC(=O)N3CCOCC3)[nH]c2c1. The normalized spacial score (nSPS) is 14.7. The number of rotatable bonds is 5. The van der Waals surface area contributed by atoms with E-state index in [4.69, 9.17) is 4.74 Å². The van der Waals surface area contributed by atoms with Gasteiger partial charge in [-0.25, -0.2) is 4.98 Å². The van der Waals surface area contributed by atoms with Crippen LogP contribution in [0.3, 0.4) is 0 Å². The Hall–Kier alpha value is -2.06. The summed E-state index contributed by atoms with van der Waals surface area (Å²) in [6.45, 7) is 4.42. The number of benzene rings is 1. The second-order valence-corrected chi connectivity index (χ2v) is 7.06. The van der Waals surface area contributed by atoms with Gasteiger partial charge >= 0.3 is 0 Å². The molecule has 1 N–H and O–H groups in total. The highest BCUT2D eigenvalue weighted by Crippen LogP contribution is 2.20. The Bertz CT molecular complexity index is 770. The Balaban J connectivity index is 1.51. The molecule has 1 saturated heterocycles. The molecule has 1 aromatic heterocycles. The molecular formula is C17H22N4O3S. The van der Waals surface area contributed by atoms with E-state index in [1.807, 2.05) is 25.1 Å². The highest BCUT2D eigenvalue weighted by Gasteiger charge is 2.20. The minimum atomic E-state index is -0.0942. The van der Waals surface area contributed by atoms with Gasteiger partial charge in [0.15, 0.2) is 5.16 Å². The lowest BCUT2D eigenvalue weighted by Gasteiger charge is -2.28. The van der Waals surface area contributed by atoms with Crippen LogP contribution in [0.2, 0.25) is 0 Å². The van der Waals surface area contributed by atoms with E-state index in [1.165, 1.54) is 16.7 Å². The zero-order valence-electron chi connectivity index (χ0n) is 14.4. The van der Waals surface area contributed by atoms with Crippen molar-refractivity contribution in [3.05, 3.63) is 23.8 Å². The number of morpholine rings is 1. The zero-order valence-corrected chi connectivity index (χ0v) is 15.3. The van der Waals surface area contributed by atoms with Crippen LogP contribution in [0.4, 0.5) is 0 Å². The number of hydrogen-bond acceptors (Lipinski definition) is 5. The summed E-state index contributed by atoms with van der Waals surface area (Å²) < 4.78 is 5.23. The van der Waals surface area contributed by atoms with Gasteiger partial charge in [-0.15, -0.1) is 0 Å². The molecule has 2 amide bonds. The van der Waals surface area contributed by atoms with Crippen molar-refractivity contribution < 1.29 is 14.3 Å². The van der Waals surface area contributed by atoms with Crippen LogP contribution >= 0.6 is 11.8 Å². The van der Waals surface area contributed by atoms with Gasteiger partial charge in [-0.3, -0.25) is 9.59 Å². The third-order valence-electron chi connectivity index (χ3n) is 4.11.